The molecule has 0 aliphatic carbocycles. The molecule has 0 heterocycles. The van der Waals surface area contributed by atoms with Crippen LogP contribution >= 0.6 is 0 Å². The van der Waals surface area contributed by atoms with Gasteiger partial charge in [-0.2, -0.15) is 0 Å². The molecule has 0 radical (unpaired) electrons. The zero-order valence-electron chi connectivity index (χ0n) is 6.82. The molecule has 1 aromatic rings. The zero-order chi connectivity index (χ0) is 8.97. The van der Waals surface area contributed by atoms with Gasteiger partial charge in [-0.15, -0.1) is 6.42 Å². The Bertz CT molecular complexity index is 299. The maximum atomic E-state index is 9.33. The first-order chi connectivity index (χ1) is 5.79. The molecular weight excluding hydrogens is 152 g/mol. The number of benzene rings is 1. The zero-order valence-corrected chi connectivity index (χ0v) is 6.82. The predicted octanol–water partition coefficient (Wildman–Crippen LogP) is 1.36. The smallest absolute Gasteiger partial charge is 0.143 e. The number of ether oxygens (including phenoxy) is 1. The van der Waals surface area contributed by atoms with Gasteiger partial charge in [-0.1, -0.05) is 24.1 Å². The van der Waals surface area contributed by atoms with Gasteiger partial charge in [0.25, 0.3) is 0 Å². The molecule has 0 saturated heterocycles. The van der Waals surface area contributed by atoms with E-state index < -0.39 is 6.10 Å². The fraction of sp³-hybridized carbons (Fsp3) is 0.200. The van der Waals surface area contributed by atoms with Gasteiger partial charge in [0.05, 0.1) is 7.11 Å². The summed E-state index contributed by atoms with van der Waals surface area (Å²) in [6.07, 6.45) is 4.18. The predicted molar refractivity (Wildman–Crippen MR) is 46.8 cm³/mol. The van der Waals surface area contributed by atoms with Crippen LogP contribution in [0.1, 0.15) is 11.7 Å². The van der Waals surface area contributed by atoms with E-state index in [1.165, 1.54) is 0 Å². The molecule has 1 unspecified atom stereocenters. The number of terminal acetylenes is 1. The van der Waals surface area contributed by atoms with Gasteiger partial charge in [-0.25, -0.2) is 0 Å². The topological polar surface area (TPSA) is 29.5 Å². The molecule has 12 heavy (non-hydrogen) atoms. The van der Waals surface area contributed by atoms with Crippen LogP contribution in [0.4, 0.5) is 0 Å². The van der Waals surface area contributed by atoms with Crippen molar-refractivity contribution in [3.8, 4) is 18.1 Å². The van der Waals surface area contributed by atoms with Crippen molar-refractivity contribution in [3.63, 3.8) is 0 Å². The molecule has 0 fully saturated rings. The minimum Gasteiger partial charge on any atom is -0.496 e. The van der Waals surface area contributed by atoms with E-state index in [9.17, 15) is 5.11 Å². The Balaban J connectivity index is 3.06. The highest BCUT2D eigenvalue weighted by Gasteiger charge is 2.08. The lowest BCUT2D eigenvalue weighted by Gasteiger charge is -2.08. The third-order valence-electron chi connectivity index (χ3n) is 1.59. The van der Waals surface area contributed by atoms with Gasteiger partial charge in [-0.05, 0) is 6.07 Å². The monoisotopic (exact) mass is 162 g/mol. The number of hydrogen-bond donors (Lipinski definition) is 1. The van der Waals surface area contributed by atoms with Gasteiger partial charge in [0.1, 0.15) is 11.9 Å². The lowest BCUT2D eigenvalue weighted by molar-refractivity contribution is 0.232. The van der Waals surface area contributed by atoms with E-state index in [1.54, 1.807) is 25.3 Å². The van der Waals surface area contributed by atoms with Gasteiger partial charge in [-0.3, -0.25) is 0 Å². The largest absolute Gasteiger partial charge is 0.496 e. The third-order valence-corrected chi connectivity index (χ3v) is 1.59. The molecule has 1 atom stereocenters. The molecule has 1 aromatic carbocycles. The molecule has 0 aliphatic heterocycles. The van der Waals surface area contributed by atoms with Crippen molar-refractivity contribution in [3.05, 3.63) is 29.8 Å². The fourth-order valence-electron chi connectivity index (χ4n) is 0.982. The minimum absolute atomic E-state index is 0.614. The fourth-order valence-corrected chi connectivity index (χ4v) is 0.982. The van der Waals surface area contributed by atoms with E-state index in [-0.39, 0.29) is 0 Å². The Hall–Kier alpha value is -1.46. The van der Waals surface area contributed by atoms with E-state index in [0.717, 1.165) is 0 Å². The van der Waals surface area contributed by atoms with E-state index >= 15 is 0 Å². The molecule has 0 spiro atoms. The van der Waals surface area contributed by atoms with E-state index in [0.29, 0.717) is 11.3 Å². The van der Waals surface area contributed by atoms with Gasteiger partial charge in [0, 0.05) is 5.56 Å². The number of aliphatic hydroxyl groups is 1. The number of para-hydroxylation sites is 1. The van der Waals surface area contributed by atoms with Crippen LogP contribution in [0, 0.1) is 12.3 Å². The number of aliphatic hydroxyl groups excluding tert-OH is 1. The highest BCUT2D eigenvalue weighted by atomic mass is 16.5. The van der Waals surface area contributed by atoms with Crippen LogP contribution in [0.2, 0.25) is 0 Å². The first-order valence-electron chi connectivity index (χ1n) is 3.56. The molecule has 0 aromatic heterocycles. The van der Waals surface area contributed by atoms with Crippen molar-refractivity contribution < 1.29 is 9.84 Å². The first-order valence-corrected chi connectivity index (χ1v) is 3.56. The molecule has 0 saturated carbocycles. The molecular formula is C10H10O2. The van der Waals surface area contributed by atoms with Crippen LogP contribution in [0.5, 0.6) is 5.75 Å². The number of rotatable bonds is 2. The second-order valence-corrected chi connectivity index (χ2v) is 2.31. The molecule has 0 aliphatic rings. The SMILES string of the molecule is C#CC(O)c1ccccc1OC. The molecule has 0 amide bonds. The quantitative estimate of drug-likeness (QED) is 0.665. The summed E-state index contributed by atoms with van der Waals surface area (Å²) in [7, 11) is 1.54. The second-order valence-electron chi connectivity index (χ2n) is 2.31. The minimum atomic E-state index is -0.888. The Morgan fingerprint density at radius 1 is 1.50 bits per heavy atom. The first kappa shape index (κ1) is 8.63. The molecule has 1 N–H and O–H groups in total. The van der Waals surface area contributed by atoms with E-state index in [1.807, 2.05) is 6.07 Å². The lowest BCUT2D eigenvalue weighted by atomic mass is 10.1. The van der Waals surface area contributed by atoms with Crippen molar-refractivity contribution in [1.82, 2.24) is 0 Å². The van der Waals surface area contributed by atoms with Gasteiger partial charge in [0.2, 0.25) is 0 Å². The maximum absolute atomic E-state index is 9.33. The second kappa shape index (κ2) is 3.80. The molecule has 2 heteroatoms. The Kier molecular flexibility index (Phi) is 2.73. The summed E-state index contributed by atoms with van der Waals surface area (Å²) in [6, 6.07) is 7.13. The molecule has 62 valence electrons. The Labute approximate surface area is 71.8 Å². The summed E-state index contributed by atoms with van der Waals surface area (Å²) in [6.45, 7) is 0. The summed E-state index contributed by atoms with van der Waals surface area (Å²) in [5.41, 5.74) is 0.627. The van der Waals surface area contributed by atoms with Crippen molar-refractivity contribution in [2.24, 2.45) is 0 Å². The molecule has 1 rings (SSSR count). The Morgan fingerprint density at radius 3 is 2.75 bits per heavy atom. The van der Waals surface area contributed by atoms with Crippen LogP contribution in [-0.4, -0.2) is 12.2 Å². The van der Waals surface area contributed by atoms with E-state index in [2.05, 4.69) is 5.92 Å². The maximum Gasteiger partial charge on any atom is 0.143 e. The lowest BCUT2D eigenvalue weighted by Crippen LogP contribution is -1.97. The average molecular weight is 162 g/mol. The highest BCUT2D eigenvalue weighted by molar-refractivity contribution is 5.37. The highest BCUT2D eigenvalue weighted by Crippen LogP contribution is 2.23. The molecule has 0 bridgehead atoms. The normalized spacial score (nSPS) is 11.8. The number of methoxy groups -OCH3 is 1. The summed E-state index contributed by atoms with van der Waals surface area (Å²) in [5.74, 6) is 2.85. The van der Waals surface area contributed by atoms with Gasteiger partial charge in [0.15, 0.2) is 0 Å². The van der Waals surface area contributed by atoms with Crippen molar-refractivity contribution in [2.45, 2.75) is 6.10 Å². The summed E-state index contributed by atoms with van der Waals surface area (Å²) in [4.78, 5) is 0. The van der Waals surface area contributed by atoms with Crippen molar-refractivity contribution >= 4 is 0 Å². The van der Waals surface area contributed by atoms with Crippen LogP contribution in [0.3, 0.4) is 0 Å². The van der Waals surface area contributed by atoms with Crippen molar-refractivity contribution in [1.29, 1.82) is 0 Å². The van der Waals surface area contributed by atoms with Crippen LogP contribution in [0.15, 0.2) is 24.3 Å². The van der Waals surface area contributed by atoms with Gasteiger partial charge >= 0.3 is 0 Å². The third kappa shape index (κ3) is 1.58. The van der Waals surface area contributed by atoms with Crippen molar-refractivity contribution in [2.75, 3.05) is 7.11 Å². The number of hydrogen-bond acceptors (Lipinski definition) is 2. The van der Waals surface area contributed by atoms with Crippen LogP contribution in [0.25, 0.3) is 0 Å². The average Bonchev–Trinajstić information content (AvgIpc) is 2.16. The Morgan fingerprint density at radius 2 is 2.17 bits per heavy atom. The summed E-state index contributed by atoms with van der Waals surface area (Å²) in [5, 5.41) is 9.33. The summed E-state index contributed by atoms with van der Waals surface area (Å²) >= 11 is 0. The standard InChI is InChI=1S/C10H10O2/c1-3-9(11)8-6-4-5-7-10(8)12-2/h1,4-7,9,11H,2H3. The summed E-state index contributed by atoms with van der Waals surface area (Å²) < 4.78 is 5.01. The van der Waals surface area contributed by atoms with Crippen LogP contribution < -0.4 is 4.74 Å². The van der Waals surface area contributed by atoms with Crippen LogP contribution in [-0.2, 0) is 0 Å². The molecule has 2 nitrogen and oxygen atoms in total. The van der Waals surface area contributed by atoms with E-state index in [4.69, 9.17) is 11.2 Å². The van der Waals surface area contributed by atoms with Gasteiger partial charge < -0.3 is 9.84 Å².